The van der Waals surface area contributed by atoms with Crippen molar-refractivity contribution in [3.8, 4) is 11.5 Å². The smallest absolute Gasteiger partial charge is 0.410 e. The molecule has 1 saturated carbocycles. The number of hydrogen-bond acceptors (Lipinski definition) is 10. The lowest BCUT2D eigenvalue weighted by molar-refractivity contribution is -0.255. The summed E-state index contributed by atoms with van der Waals surface area (Å²) in [6.45, 7) is 13.0. The Morgan fingerprint density at radius 3 is 2.56 bits per heavy atom. The quantitative estimate of drug-likeness (QED) is 0.0561. The van der Waals surface area contributed by atoms with E-state index in [1.54, 1.807) is 11.0 Å². The summed E-state index contributed by atoms with van der Waals surface area (Å²) in [6, 6.07) is 15.5. The molecule has 0 bridgehead atoms. The fraction of sp³-hybridized carbons (Fsp3) is 0.591. The van der Waals surface area contributed by atoms with Gasteiger partial charge in [0, 0.05) is 57.3 Å². The molecule has 300 valence electrons. The van der Waals surface area contributed by atoms with E-state index in [-0.39, 0.29) is 50.1 Å². The van der Waals surface area contributed by atoms with E-state index in [1.807, 2.05) is 56.3 Å². The minimum atomic E-state index is -1.31. The average molecular weight is 760 g/mol. The number of ether oxygens (including phenoxy) is 4. The predicted molar refractivity (Wildman–Crippen MR) is 212 cm³/mol. The highest BCUT2D eigenvalue weighted by atomic mass is 16.7. The Bertz CT molecular complexity index is 1610. The number of benzene rings is 2. The molecule has 0 spiro atoms. The van der Waals surface area contributed by atoms with Crippen LogP contribution in [-0.4, -0.2) is 103 Å². The van der Waals surface area contributed by atoms with Crippen LogP contribution in [0.1, 0.15) is 82.3 Å². The number of carbonyl (C=O) groups is 1. The van der Waals surface area contributed by atoms with Crippen LogP contribution in [0.4, 0.5) is 4.79 Å². The van der Waals surface area contributed by atoms with Crippen LogP contribution in [0, 0.1) is 17.8 Å². The molecule has 55 heavy (non-hydrogen) atoms. The average Bonchev–Trinajstić information content (AvgIpc) is 4.03. The number of fused-ring (bicyclic) bond motifs is 2. The van der Waals surface area contributed by atoms with Crippen LogP contribution >= 0.6 is 0 Å². The summed E-state index contributed by atoms with van der Waals surface area (Å²) in [5.41, 5.74) is 3.81. The van der Waals surface area contributed by atoms with Gasteiger partial charge in [0.2, 0.25) is 5.79 Å². The first kappa shape index (κ1) is 40.8. The fourth-order valence-corrected chi connectivity index (χ4v) is 8.91. The minimum Gasteiger partial charge on any atom is -0.492 e. The van der Waals surface area contributed by atoms with Crippen LogP contribution in [0.25, 0.3) is 0 Å². The maximum atomic E-state index is 14.0. The Morgan fingerprint density at radius 1 is 1.07 bits per heavy atom. The Morgan fingerprint density at radius 2 is 1.85 bits per heavy atom. The van der Waals surface area contributed by atoms with E-state index in [4.69, 9.17) is 28.9 Å². The van der Waals surface area contributed by atoms with Gasteiger partial charge in [0.15, 0.2) is 0 Å². The molecule has 2 aromatic rings. The molecular formula is C44H61N3O8. The van der Waals surface area contributed by atoms with Crippen LogP contribution in [-0.2, 0) is 20.9 Å². The Hall–Kier alpha value is -3.90. The van der Waals surface area contributed by atoms with Crippen LogP contribution in [0.15, 0.2) is 78.0 Å². The van der Waals surface area contributed by atoms with E-state index in [2.05, 4.69) is 23.6 Å². The van der Waals surface area contributed by atoms with E-state index in [9.17, 15) is 15.0 Å². The summed E-state index contributed by atoms with van der Waals surface area (Å²) in [5, 5.41) is 24.6. The zero-order chi connectivity index (χ0) is 38.6. The minimum absolute atomic E-state index is 0.116. The summed E-state index contributed by atoms with van der Waals surface area (Å²) < 4.78 is 26.4. The summed E-state index contributed by atoms with van der Waals surface area (Å²) in [5.74, 6) is -0.0413. The number of aliphatic hydroxyl groups is 2. The van der Waals surface area contributed by atoms with E-state index >= 15 is 0 Å². The molecule has 6 atom stereocenters. The lowest BCUT2D eigenvalue weighted by atomic mass is 9.55. The number of oxime groups is 1. The monoisotopic (exact) mass is 759 g/mol. The van der Waals surface area contributed by atoms with Crippen molar-refractivity contribution in [3.05, 3.63) is 84.0 Å². The molecule has 2 aliphatic heterocycles. The number of nitrogens with zero attached hydrogens (tertiary/aromatic N) is 3. The van der Waals surface area contributed by atoms with Crippen molar-refractivity contribution >= 4 is 11.8 Å². The Labute approximate surface area is 326 Å². The SMILES string of the molecule is C=CCO[C@@]12Oc3ccc(OCCN4CC4)cc3[C@H]3[C@H](CCCCO)[C@@H](CCCCO)C=C(C(=NOCc4ccccc4)C[C@@H]1N(CCC)C(=O)OCC)[C@H]32. The number of carbonyl (C=O) groups excluding carboxylic acids is 1. The molecule has 2 fully saturated rings. The molecule has 2 aromatic carbocycles. The standard InChI is InChI=1S/C44H61N3O8/c1-4-20-47(43(50)51-6-3)40-30-38(45-54-31-32-14-8-7-9-15-32)36-28-33(16-10-12-24-48)35(17-11-13-25-49)41-37-29-34(52-27-23-46-21-22-46)18-19-39(37)55-44(40,42(36)41)53-26-5-2/h5,7-9,14-15,18-19,28-29,33,35,40-42,48-49H,2,4,6,10-13,16-17,20-27,30-31H2,1,3H3/t33-,35+,40-,41+,42+,44+/m0/s1. The van der Waals surface area contributed by atoms with Crippen LogP contribution in [0.3, 0.4) is 0 Å². The third-order valence-electron chi connectivity index (χ3n) is 11.5. The van der Waals surface area contributed by atoms with Crippen molar-refractivity contribution in [1.82, 2.24) is 9.80 Å². The zero-order valence-electron chi connectivity index (χ0n) is 32.8. The molecule has 0 unspecified atom stereocenters. The molecule has 2 N–H and O–H groups in total. The van der Waals surface area contributed by atoms with Gasteiger partial charge >= 0.3 is 6.09 Å². The number of allylic oxidation sites excluding steroid dienone is 1. The molecule has 1 amide bonds. The van der Waals surface area contributed by atoms with Gasteiger partial charge in [0.25, 0.3) is 0 Å². The normalized spacial score (nSPS) is 25.9. The van der Waals surface area contributed by atoms with Gasteiger partial charge < -0.3 is 34.0 Å². The molecule has 11 heteroatoms. The third-order valence-corrected chi connectivity index (χ3v) is 11.5. The Kier molecular flexibility index (Phi) is 14.7. The van der Waals surface area contributed by atoms with Crippen molar-refractivity contribution in [2.45, 2.75) is 89.6 Å². The van der Waals surface area contributed by atoms with Gasteiger partial charge in [0.05, 0.1) is 24.8 Å². The number of rotatable bonds is 22. The molecule has 0 radical (unpaired) electrons. The van der Waals surface area contributed by atoms with Crippen molar-refractivity contribution in [1.29, 1.82) is 0 Å². The van der Waals surface area contributed by atoms with Gasteiger partial charge in [-0.15, -0.1) is 6.58 Å². The molecule has 1 saturated heterocycles. The second-order valence-electron chi connectivity index (χ2n) is 15.1. The topological polar surface area (TPSA) is 122 Å². The van der Waals surface area contributed by atoms with Crippen LogP contribution in [0.5, 0.6) is 11.5 Å². The highest BCUT2D eigenvalue weighted by Crippen LogP contribution is 2.62. The fourth-order valence-electron chi connectivity index (χ4n) is 8.91. The molecule has 11 nitrogen and oxygen atoms in total. The van der Waals surface area contributed by atoms with Gasteiger partial charge in [-0.2, -0.15) is 0 Å². The second-order valence-corrected chi connectivity index (χ2v) is 15.1. The van der Waals surface area contributed by atoms with Crippen molar-refractivity contribution in [3.63, 3.8) is 0 Å². The van der Waals surface area contributed by atoms with Crippen LogP contribution in [0.2, 0.25) is 0 Å². The van der Waals surface area contributed by atoms with Gasteiger partial charge in [-0.05, 0) is 80.2 Å². The molecule has 4 aliphatic rings. The van der Waals surface area contributed by atoms with Crippen molar-refractivity contribution < 1.29 is 38.8 Å². The van der Waals surface area contributed by atoms with E-state index in [1.165, 1.54) is 0 Å². The van der Waals surface area contributed by atoms with Gasteiger partial charge in [0.1, 0.15) is 30.8 Å². The number of hydrogen-bond donors (Lipinski definition) is 2. The van der Waals surface area contributed by atoms with E-state index in [0.29, 0.717) is 51.2 Å². The van der Waals surface area contributed by atoms with Gasteiger partial charge in [-0.1, -0.05) is 67.4 Å². The van der Waals surface area contributed by atoms with Gasteiger partial charge in [-0.3, -0.25) is 9.80 Å². The summed E-state index contributed by atoms with van der Waals surface area (Å²) >= 11 is 0. The predicted octanol–water partition coefficient (Wildman–Crippen LogP) is 7.08. The van der Waals surface area contributed by atoms with E-state index < -0.39 is 17.9 Å². The largest absolute Gasteiger partial charge is 0.492 e. The maximum absolute atomic E-state index is 14.0. The van der Waals surface area contributed by atoms with Crippen molar-refractivity contribution in [2.24, 2.45) is 22.9 Å². The first-order valence-corrected chi connectivity index (χ1v) is 20.5. The summed E-state index contributed by atoms with van der Waals surface area (Å²) in [7, 11) is 0. The van der Waals surface area contributed by atoms with Crippen molar-refractivity contribution in [2.75, 3.05) is 59.2 Å². The molecule has 6 rings (SSSR count). The highest BCUT2D eigenvalue weighted by Gasteiger charge is 2.65. The third kappa shape index (κ3) is 9.56. The second kappa shape index (κ2) is 19.8. The first-order valence-electron chi connectivity index (χ1n) is 20.5. The summed E-state index contributed by atoms with van der Waals surface area (Å²) in [6.07, 6.45) is 9.57. The first-order chi connectivity index (χ1) is 27.0. The molecule has 0 aromatic heterocycles. The number of amides is 1. The lowest BCUT2D eigenvalue weighted by Gasteiger charge is -2.59. The zero-order valence-corrected chi connectivity index (χ0v) is 32.8. The summed E-state index contributed by atoms with van der Waals surface area (Å²) in [4.78, 5) is 24.3. The molecule has 2 aliphatic carbocycles. The van der Waals surface area contributed by atoms with E-state index in [0.717, 1.165) is 73.5 Å². The molecular weight excluding hydrogens is 698 g/mol. The lowest BCUT2D eigenvalue weighted by Crippen LogP contribution is -2.70. The Balaban J connectivity index is 1.54. The number of unbranched alkanes of at least 4 members (excludes halogenated alkanes) is 2. The molecule has 2 heterocycles. The highest BCUT2D eigenvalue weighted by molar-refractivity contribution is 6.03. The van der Waals surface area contributed by atoms with Crippen LogP contribution < -0.4 is 9.47 Å². The van der Waals surface area contributed by atoms with Gasteiger partial charge in [-0.25, -0.2) is 4.79 Å². The number of aliphatic hydroxyl groups excluding tert-OH is 2. The maximum Gasteiger partial charge on any atom is 0.410 e.